The molecule has 0 fully saturated rings. The first kappa shape index (κ1) is 18.6. The Bertz CT molecular complexity index is 561. The average Bonchev–Trinajstić information content (AvgIpc) is 2.87. The Labute approximate surface area is 141 Å². The van der Waals surface area contributed by atoms with Gasteiger partial charge in [-0.15, -0.1) is 11.3 Å². The van der Waals surface area contributed by atoms with Crippen molar-refractivity contribution in [2.45, 2.75) is 32.7 Å². The Morgan fingerprint density at radius 2 is 2.00 bits per heavy atom. The third kappa shape index (κ3) is 5.10. The summed E-state index contributed by atoms with van der Waals surface area (Å²) in [5, 5.41) is 11.8. The van der Waals surface area contributed by atoms with Crippen LogP contribution in [-0.4, -0.2) is 46.9 Å². The molecule has 0 saturated heterocycles. The zero-order chi connectivity index (χ0) is 16.9. The highest BCUT2D eigenvalue weighted by molar-refractivity contribution is 9.11. The minimum Gasteiger partial charge on any atom is -0.480 e. The number of rotatable bonds is 7. The van der Waals surface area contributed by atoms with E-state index in [2.05, 4.69) is 21.2 Å². The molecule has 22 heavy (non-hydrogen) atoms. The van der Waals surface area contributed by atoms with Crippen molar-refractivity contribution >= 4 is 45.1 Å². The predicted molar refractivity (Wildman–Crippen MR) is 87.9 cm³/mol. The Kier molecular flexibility index (Phi) is 7.02. The molecule has 0 spiro atoms. The van der Waals surface area contributed by atoms with Gasteiger partial charge in [0.05, 0.1) is 9.70 Å². The highest BCUT2D eigenvalue weighted by Gasteiger charge is 2.30. The van der Waals surface area contributed by atoms with E-state index in [1.54, 1.807) is 6.92 Å². The van der Waals surface area contributed by atoms with Crippen molar-refractivity contribution in [3.63, 3.8) is 0 Å². The number of carbonyl (C=O) groups is 3. The molecule has 122 valence electrons. The second-order valence-electron chi connectivity index (χ2n) is 4.89. The SMILES string of the molecule is CC(=O)NCCN(C(=O)C(C)c1ccc(Br)s1)C(C)C(=O)O. The Balaban J connectivity index is 2.86. The van der Waals surface area contributed by atoms with Crippen LogP contribution in [0.2, 0.25) is 0 Å². The molecule has 0 aliphatic rings. The van der Waals surface area contributed by atoms with E-state index in [1.807, 2.05) is 12.1 Å². The van der Waals surface area contributed by atoms with Gasteiger partial charge in [-0.05, 0) is 41.9 Å². The molecule has 2 unspecified atom stereocenters. The third-order valence-electron chi connectivity index (χ3n) is 3.23. The Morgan fingerprint density at radius 3 is 2.45 bits per heavy atom. The van der Waals surface area contributed by atoms with Gasteiger partial charge in [0.2, 0.25) is 11.8 Å². The summed E-state index contributed by atoms with van der Waals surface area (Å²) < 4.78 is 0.915. The van der Waals surface area contributed by atoms with E-state index in [-0.39, 0.29) is 24.9 Å². The molecule has 0 aliphatic heterocycles. The predicted octanol–water partition coefficient (Wildman–Crippen LogP) is 2.05. The molecule has 1 rings (SSSR count). The number of hydrogen-bond donors (Lipinski definition) is 2. The standard InChI is InChI=1S/C14H19BrN2O4S/c1-8(11-4-5-12(15)22-11)13(19)17(9(2)14(20)21)7-6-16-10(3)18/h4-5,8-9H,6-7H2,1-3H3,(H,16,18)(H,20,21). The quantitative estimate of drug-likeness (QED) is 0.745. The molecule has 2 atom stereocenters. The van der Waals surface area contributed by atoms with Crippen LogP contribution in [-0.2, 0) is 14.4 Å². The average molecular weight is 391 g/mol. The monoisotopic (exact) mass is 390 g/mol. The minimum atomic E-state index is -1.07. The number of carboxylic acids is 1. The molecule has 0 aromatic carbocycles. The minimum absolute atomic E-state index is 0.156. The van der Waals surface area contributed by atoms with Crippen molar-refractivity contribution in [3.8, 4) is 0 Å². The molecule has 0 saturated carbocycles. The van der Waals surface area contributed by atoms with Crippen LogP contribution in [0.4, 0.5) is 0 Å². The van der Waals surface area contributed by atoms with Gasteiger partial charge in [-0.3, -0.25) is 9.59 Å². The molecule has 0 aliphatic carbocycles. The number of carbonyl (C=O) groups excluding carboxylic acids is 2. The fourth-order valence-corrected chi connectivity index (χ4v) is 3.38. The Hall–Kier alpha value is -1.41. The van der Waals surface area contributed by atoms with E-state index in [1.165, 1.54) is 30.1 Å². The second kappa shape index (κ2) is 8.28. The maximum atomic E-state index is 12.6. The van der Waals surface area contributed by atoms with Gasteiger partial charge in [0.1, 0.15) is 6.04 Å². The lowest BCUT2D eigenvalue weighted by Crippen LogP contribution is -2.48. The van der Waals surface area contributed by atoms with Crippen molar-refractivity contribution in [2.75, 3.05) is 13.1 Å². The van der Waals surface area contributed by atoms with Crippen LogP contribution in [0, 0.1) is 0 Å². The van der Waals surface area contributed by atoms with Gasteiger partial charge >= 0.3 is 5.97 Å². The van der Waals surface area contributed by atoms with Crippen LogP contribution in [0.3, 0.4) is 0 Å². The summed E-state index contributed by atoms with van der Waals surface area (Å²) in [4.78, 5) is 36.9. The van der Waals surface area contributed by atoms with Crippen molar-refractivity contribution in [2.24, 2.45) is 0 Å². The molecule has 1 aromatic rings. The van der Waals surface area contributed by atoms with E-state index in [9.17, 15) is 19.5 Å². The van der Waals surface area contributed by atoms with Gasteiger partial charge in [-0.25, -0.2) is 4.79 Å². The van der Waals surface area contributed by atoms with E-state index in [0.717, 1.165) is 8.66 Å². The first-order valence-corrected chi connectivity index (χ1v) is 8.38. The highest BCUT2D eigenvalue weighted by atomic mass is 79.9. The molecule has 1 aromatic heterocycles. The number of nitrogens with one attached hydrogen (secondary N) is 1. The van der Waals surface area contributed by atoms with Crippen LogP contribution in [0.25, 0.3) is 0 Å². The summed E-state index contributed by atoms with van der Waals surface area (Å²) in [7, 11) is 0. The molecular weight excluding hydrogens is 372 g/mol. The van der Waals surface area contributed by atoms with E-state index in [4.69, 9.17) is 0 Å². The normalized spacial score (nSPS) is 13.3. The first-order valence-electron chi connectivity index (χ1n) is 6.77. The van der Waals surface area contributed by atoms with Crippen LogP contribution >= 0.6 is 27.3 Å². The lowest BCUT2D eigenvalue weighted by Gasteiger charge is -2.29. The van der Waals surface area contributed by atoms with Crippen molar-refractivity contribution < 1.29 is 19.5 Å². The van der Waals surface area contributed by atoms with Crippen LogP contribution < -0.4 is 5.32 Å². The summed E-state index contributed by atoms with van der Waals surface area (Å²) in [5.41, 5.74) is 0. The van der Waals surface area contributed by atoms with Gasteiger partial charge in [0.15, 0.2) is 0 Å². The summed E-state index contributed by atoms with van der Waals surface area (Å²) in [5.74, 6) is -1.99. The van der Waals surface area contributed by atoms with Gasteiger partial charge < -0.3 is 15.3 Å². The van der Waals surface area contributed by atoms with Gasteiger partial charge in [0.25, 0.3) is 0 Å². The van der Waals surface area contributed by atoms with Gasteiger partial charge in [-0.1, -0.05) is 0 Å². The number of amides is 2. The second-order valence-corrected chi connectivity index (χ2v) is 7.39. The molecule has 2 N–H and O–H groups in total. The molecule has 0 radical (unpaired) electrons. The van der Waals surface area contributed by atoms with Crippen LogP contribution in [0.5, 0.6) is 0 Å². The van der Waals surface area contributed by atoms with E-state index in [0.29, 0.717) is 0 Å². The lowest BCUT2D eigenvalue weighted by atomic mass is 10.1. The fraction of sp³-hybridized carbons (Fsp3) is 0.500. The summed E-state index contributed by atoms with van der Waals surface area (Å²) in [6.45, 7) is 4.96. The first-order chi connectivity index (χ1) is 10.2. The molecule has 2 amide bonds. The third-order valence-corrected chi connectivity index (χ3v) is 5.03. The van der Waals surface area contributed by atoms with Crippen LogP contribution in [0.15, 0.2) is 15.9 Å². The maximum Gasteiger partial charge on any atom is 0.326 e. The van der Waals surface area contributed by atoms with Gasteiger partial charge in [-0.2, -0.15) is 0 Å². The number of halogens is 1. The lowest BCUT2D eigenvalue weighted by molar-refractivity contribution is -0.149. The summed E-state index contributed by atoms with van der Waals surface area (Å²) >= 11 is 4.79. The smallest absolute Gasteiger partial charge is 0.326 e. The number of nitrogens with zero attached hydrogens (tertiary/aromatic N) is 1. The van der Waals surface area contributed by atoms with E-state index < -0.39 is 17.9 Å². The van der Waals surface area contributed by atoms with Crippen molar-refractivity contribution in [1.29, 1.82) is 0 Å². The molecular formula is C14H19BrN2O4S. The number of carboxylic acid groups (broad SMARTS) is 1. The highest BCUT2D eigenvalue weighted by Crippen LogP contribution is 2.29. The number of hydrogen-bond acceptors (Lipinski definition) is 4. The molecule has 0 bridgehead atoms. The maximum absolute atomic E-state index is 12.6. The largest absolute Gasteiger partial charge is 0.480 e. The van der Waals surface area contributed by atoms with Crippen LogP contribution in [0.1, 0.15) is 31.6 Å². The van der Waals surface area contributed by atoms with Crippen molar-refractivity contribution in [3.05, 3.63) is 20.8 Å². The topological polar surface area (TPSA) is 86.7 Å². The molecule has 8 heteroatoms. The number of aliphatic carboxylic acids is 1. The summed E-state index contributed by atoms with van der Waals surface area (Å²) in [6.07, 6.45) is 0. The number of thiophene rings is 1. The van der Waals surface area contributed by atoms with Gasteiger partial charge in [0, 0.05) is 24.9 Å². The van der Waals surface area contributed by atoms with E-state index >= 15 is 0 Å². The zero-order valence-electron chi connectivity index (χ0n) is 12.6. The zero-order valence-corrected chi connectivity index (χ0v) is 15.0. The fourth-order valence-electron chi connectivity index (χ4n) is 1.91. The van der Waals surface area contributed by atoms with Crippen molar-refractivity contribution in [1.82, 2.24) is 10.2 Å². The molecule has 1 heterocycles. The molecule has 6 nitrogen and oxygen atoms in total. The summed E-state index contributed by atoms with van der Waals surface area (Å²) in [6, 6.07) is 2.74. The Morgan fingerprint density at radius 1 is 1.36 bits per heavy atom.